The molecule has 0 atom stereocenters. The molecule has 2 aromatic carbocycles. The minimum atomic E-state index is -0.988. The summed E-state index contributed by atoms with van der Waals surface area (Å²) in [7, 11) is 0. The summed E-state index contributed by atoms with van der Waals surface area (Å²) in [5, 5.41) is 14.8. The normalized spacial score (nSPS) is 10.9. The number of hydrogen-bond donors (Lipinski definition) is 1. The number of halogens is 1. The van der Waals surface area contributed by atoms with Crippen molar-refractivity contribution in [2.75, 3.05) is 0 Å². The van der Waals surface area contributed by atoms with Gasteiger partial charge >= 0.3 is 5.97 Å². The molecule has 0 bridgehead atoms. The van der Waals surface area contributed by atoms with Gasteiger partial charge in [0.25, 0.3) is 0 Å². The van der Waals surface area contributed by atoms with Gasteiger partial charge in [-0.1, -0.05) is 49.2 Å². The molecule has 5 heteroatoms. The van der Waals surface area contributed by atoms with E-state index in [1.165, 1.54) is 5.56 Å². The van der Waals surface area contributed by atoms with E-state index < -0.39 is 5.97 Å². The number of benzene rings is 2. The van der Waals surface area contributed by atoms with Crippen LogP contribution < -0.4 is 0 Å². The van der Waals surface area contributed by atoms with Crippen molar-refractivity contribution in [3.8, 4) is 16.9 Å². The average molecular weight is 369 g/mol. The van der Waals surface area contributed by atoms with Crippen LogP contribution in [0.4, 0.5) is 0 Å². The monoisotopic (exact) mass is 368 g/mol. The van der Waals surface area contributed by atoms with E-state index in [1.54, 1.807) is 23.7 Å². The highest BCUT2D eigenvalue weighted by molar-refractivity contribution is 6.30. The summed E-state index contributed by atoms with van der Waals surface area (Å²) in [6, 6.07) is 15.3. The first-order chi connectivity index (χ1) is 12.5. The van der Waals surface area contributed by atoms with Crippen molar-refractivity contribution >= 4 is 17.6 Å². The molecule has 134 valence electrons. The van der Waals surface area contributed by atoms with Crippen molar-refractivity contribution < 1.29 is 9.90 Å². The Bertz CT molecular complexity index is 912. The zero-order chi connectivity index (χ0) is 18.7. The fraction of sp³-hybridized carbons (Fsp3) is 0.238. The molecule has 0 saturated carbocycles. The first-order valence-electron chi connectivity index (χ1n) is 8.69. The van der Waals surface area contributed by atoms with Crippen molar-refractivity contribution in [2.24, 2.45) is 0 Å². The van der Waals surface area contributed by atoms with Crippen LogP contribution in [0.15, 0.2) is 48.5 Å². The van der Waals surface area contributed by atoms with Crippen molar-refractivity contribution in [1.29, 1.82) is 0 Å². The summed E-state index contributed by atoms with van der Waals surface area (Å²) in [6.07, 6.45) is 3.35. The second-order valence-electron chi connectivity index (χ2n) is 6.30. The predicted octanol–water partition coefficient (Wildman–Crippen LogP) is 5.54. The lowest BCUT2D eigenvalue weighted by atomic mass is 10.1. The van der Waals surface area contributed by atoms with E-state index in [0.717, 1.165) is 30.5 Å². The maximum atomic E-state index is 11.8. The number of hydrogen-bond acceptors (Lipinski definition) is 2. The van der Waals surface area contributed by atoms with Gasteiger partial charge in [0.15, 0.2) is 0 Å². The largest absolute Gasteiger partial charge is 0.478 e. The van der Waals surface area contributed by atoms with Crippen LogP contribution >= 0.6 is 11.6 Å². The van der Waals surface area contributed by atoms with Gasteiger partial charge in [0.05, 0.1) is 17.1 Å². The van der Waals surface area contributed by atoms with Gasteiger partial charge in [-0.15, -0.1) is 0 Å². The summed E-state index contributed by atoms with van der Waals surface area (Å²) in [5.41, 5.74) is 4.13. The second kappa shape index (κ2) is 7.75. The average Bonchev–Trinajstić information content (AvgIpc) is 2.98. The van der Waals surface area contributed by atoms with E-state index in [0.29, 0.717) is 16.4 Å². The van der Waals surface area contributed by atoms with Crippen molar-refractivity contribution in [2.45, 2.75) is 33.1 Å². The quantitative estimate of drug-likeness (QED) is 0.621. The summed E-state index contributed by atoms with van der Waals surface area (Å²) >= 11 is 5.98. The Morgan fingerprint density at radius 3 is 2.35 bits per heavy atom. The number of carboxylic acids is 1. The molecule has 0 aliphatic rings. The molecular formula is C21H21ClN2O2. The van der Waals surface area contributed by atoms with Gasteiger partial charge in [0.2, 0.25) is 0 Å². The standard InChI is InChI=1S/C21H21ClN2O2/c1-3-4-5-15-6-12-18(13-7-15)24-20(16-8-10-17(22)11-9-16)19(21(25)26)14(2)23-24/h6-13H,3-5H2,1-2H3,(H,25,26). The Morgan fingerprint density at radius 1 is 1.12 bits per heavy atom. The number of carboxylic acid groups (broad SMARTS) is 1. The molecule has 0 unspecified atom stereocenters. The maximum Gasteiger partial charge on any atom is 0.339 e. The van der Waals surface area contributed by atoms with Crippen molar-refractivity contribution in [1.82, 2.24) is 9.78 Å². The molecule has 0 saturated heterocycles. The second-order valence-corrected chi connectivity index (χ2v) is 6.74. The van der Waals surface area contributed by atoms with Gasteiger partial charge in [-0.2, -0.15) is 5.10 Å². The molecule has 3 rings (SSSR count). The Labute approximate surface area is 158 Å². The summed E-state index contributed by atoms with van der Waals surface area (Å²) < 4.78 is 1.70. The maximum absolute atomic E-state index is 11.8. The molecule has 0 fully saturated rings. The lowest BCUT2D eigenvalue weighted by Crippen LogP contribution is -2.03. The molecule has 3 aromatic rings. The van der Waals surface area contributed by atoms with Crippen LogP contribution in [0.25, 0.3) is 16.9 Å². The first-order valence-corrected chi connectivity index (χ1v) is 9.07. The van der Waals surface area contributed by atoms with Gasteiger partial charge in [-0.05, 0) is 49.6 Å². The Kier molecular flexibility index (Phi) is 5.43. The van der Waals surface area contributed by atoms with Crippen LogP contribution in [0, 0.1) is 6.92 Å². The molecule has 26 heavy (non-hydrogen) atoms. The zero-order valence-electron chi connectivity index (χ0n) is 14.9. The van der Waals surface area contributed by atoms with Crippen LogP contribution in [-0.4, -0.2) is 20.9 Å². The number of unbranched alkanes of at least 4 members (excludes halogenated alkanes) is 1. The highest BCUT2D eigenvalue weighted by atomic mass is 35.5. The summed E-state index contributed by atoms with van der Waals surface area (Å²) in [4.78, 5) is 11.8. The number of aryl methyl sites for hydroxylation is 2. The van der Waals surface area contributed by atoms with E-state index in [-0.39, 0.29) is 5.56 Å². The van der Waals surface area contributed by atoms with Gasteiger partial charge < -0.3 is 5.11 Å². The van der Waals surface area contributed by atoms with Gasteiger partial charge in [-0.25, -0.2) is 9.48 Å². The Balaban J connectivity index is 2.11. The summed E-state index contributed by atoms with van der Waals surface area (Å²) in [5.74, 6) is -0.988. The third-order valence-electron chi connectivity index (χ3n) is 4.39. The molecule has 1 aromatic heterocycles. The van der Waals surface area contributed by atoms with Crippen LogP contribution in [0.5, 0.6) is 0 Å². The molecule has 0 aliphatic carbocycles. The van der Waals surface area contributed by atoms with Crippen LogP contribution in [-0.2, 0) is 6.42 Å². The van der Waals surface area contributed by atoms with Gasteiger partial charge in [0.1, 0.15) is 5.56 Å². The molecule has 0 spiro atoms. The molecule has 0 amide bonds. The Morgan fingerprint density at radius 2 is 1.77 bits per heavy atom. The minimum Gasteiger partial charge on any atom is -0.478 e. The number of rotatable bonds is 6. The van der Waals surface area contributed by atoms with Crippen LogP contribution in [0.1, 0.15) is 41.4 Å². The third kappa shape index (κ3) is 3.65. The minimum absolute atomic E-state index is 0.211. The zero-order valence-corrected chi connectivity index (χ0v) is 15.6. The van der Waals surface area contributed by atoms with Gasteiger partial charge in [-0.3, -0.25) is 0 Å². The highest BCUT2D eigenvalue weighted by Crippen LogP contribution is 2.30. The van der Waals surface area contributed by atoms with E-state index >= 15 is 0 Å². The highest BCUT2D eigenvalue weighted by Gasteiger charge is 2.23. The fourth-order valence-corrected chi connectivity index (χ4v) is 3.16. The van der Waals surface area contributed by atoms with Crippen LogP contribution in [0.2, 0.25) is 5.02 Å². The van der Waals surface area contributed by atoms with Crippen molar-refractivity contribution in [3.63, 3.8) is 0 Å². The number of carbonyl (C=O) groups is 1. The topological polar surface area (TPSA) is 55.1 Å². The summed E-state index contributed by atoms with van der Waals surface area (Å²) in [6.45, 7) is 3.89. The molecule has 0 radical (unpaired) electrons. The number of aromatic nitrogens is 2. The smallest absolute Gasteiger partial charge is 0.339 e. The predicted molar refractivity (Wildman–Crippen MR) is 104 cm³/mol. The van der Waals surface area contributed by atoms with E-state index in [9.17, 15) is 9.90 Å². The fourth-order valence-electron chi connectivity index (χ4n) is 3.03. The number of aromatic carboxylic acids is 1. The lowest BCUT2D eigenvalue weighted by molar-refractivity contribution is 0.0697. The lowest BCUT2D eigenvalue weighted by Gasteiger charge is -2.10. The van der Waals surface area contributed by atoms with E-state index in [2.05, 4.69) is 24.2 Å². The Hall–Kier alpha value is -2.59. The molecular weight excluding hydrogens is 348 g/mol. The van der Waals surface area contributed by atoms with E-state index in [1.807, 2.05) is 24.3 Å². The SMILES string of the molecule is CCCCc1ccc(-n2nc(C)c(C(=O)O)c2-c2ccc(Cl)cc2)cc1. The van der Waals surface area contributed by atoms with Gasteiger partial charge in [0, 0.05) is 10.6 Å². The molecule has 1 heterocycles. The van der Waals surface area contributed by atoms with Crippen molar-refractivity contribution in [3.05, 3.63) is 70.4 Å². The number of nitrogens with zero attached hydrogens (tertiary/aromatic N) is 2. The first kappa shape index (κ1) is 18.2. The molecule has 0 aliphatic heterocycles. The van der Waals surface area contributed by atoms with E-state index in [4.69, 9.17) is 11.6 Å². The third-order valence-corrected chi connectivity index (χ3v) is 4.64. The molecule has 1 N–H and O–H groups in total. The molecule has 4 nitrogen and oxygen atoms in total. The van der Waals surface area contributed by atoms with Crippen LogP contribution in [0.3, 0.4) is 0 Å².